The van der Waals surface area contributed by atoms with Gasteiger partial charge in [0.05, 0.1) is 0 Å². The van der Waals surface area contributed by atoms with Crippen molar-refractivity contribution < 1.29 is 28.6 Å². The van der Waals surface area contributed by atoms with Crippen LogP contribution in [0.15, 0.2) is 72.9 Å². The first kappa shape index (κ1) is 76.9. The first-order valence-electron chi connectivity index (χ1n) is 34.9. The topological polar surface area (TPSA) is 78.9 Å². The predicted molar refractivity (Wildman–Crippen MR) is 348 cm³/mol. The van der Waals surface area contributed by atoms with E-state index in [0.29, 0.717) is 19.3 Å². The molecule has 80 heavy (non-hydrogen) atoms. The van der Waals surface area contributed by atoms with E-state index in [9.17, 15) is 14.4 Å². The molecular weight excluding hydrogens is 985 g/mol. The smallest absolute Gasteiger partial charge is 0.306 e. The average molecular weight is 1120 g/mol. The molecule has 0 fully saturated rings. The van der Waals surface area contributed by atoms with Gasteiger partial charge in [-0.15, -0.1) is 0 Å². The highest BCUT2D eigenvalue weighted by molar-refractivity contribution is 5.71. The van der Waals surface area contributed by atoms with E-state index in [0.717, 1.165) is 109 Å². The Bertz CT molecular complexity index is 1470. The monoisotopic (exact) mass is 1120 g/mol. The van der Waals surface area contributed by atoms with Crippen molar-refractivity contribution in [2.24, 2.45) is 0 Å². The second-order valence-electron chi connectivity index (χ2n) is 23.4. The number of carbonyl (C=O) groups is 3. The SMILES string of the molecule is CC/C=C\C/C=C\C/C=C\CCCCCC(=O)OCC(COC(=O)CCCCCCCCCCCCCCCCCCCCCCC/C=C\CCCCCCCCCC)OC(=O)CCCCCCC/C=C\C/C=C\CCCCCC. The minimum Gasteiger partial charge on any atom is -0.462 e. The lowest BCUT2D eigenvalue weighted by atomic mass is 10.0. The van der Waals surface area contributed by atoms with Crippen LogP contribution in [-0.2, 0) is 28.6 Å². The lowest BCUT2D eigenvalue weighted by molar-refractivity contribution is -0.167. The summed E-state index contributed by atoms with van der Waals surface area (Å²) in [7, 11) is 0. The number of carbonyl (C=O) groups excluding carboxylic acids is 3. The molecule has 0 heterocycles. The number of hydrogen-bond acceptors (Lipinski definition) is 6. The van der Waals surface area contributed by atoms with Crippen LogP contribution in [0.2, 0.25) is 0 Å². The molecule has 0 radical (unpaired) electrons. The first-order chi connectivity index (χ1) is 39.5. The van der Waals surface area contributed by atoms with Crippen molar-refractivity contribution in [2.45, 2.75) is 367 Å². The molecule has 0 saturated heterocycles. The molecule has 0 spiro atoms. The van der Waals surface area contributed by atoms with Gasteiger partial charge in [0.25, 0.3) is 0 Å². The van der Waals surface area contributed by atoms with Gasteiger partial charge in [0.2, 0.25) is 0 Å². The number of hydrogen-bond donors (Lipinski definition) is 0. The van der Waals surface area contributed by atoms with Crippen LogP contribution in [-0.4, -0.2) is 37.2 Å². The molecule has 0 aliphatic heterocycles. The third kappa shape index (κ3) is 65.7. The number of rotatable bonds is 64. The van der Waals surface area contributed by atoms with Crippen LogP contribution in [0.4, 0.5) is 0 Å². The Morgan fingerprint density at radius 1 is 0.263 bits per heavy atom. The summed E-state index contributed by atoms with van der Waals surface area (Å²) < 4.78 is 16.9. The maximum atomic E-state index is 12.9. The molecule has 464 valence electrons. The summed E-state index contributed by atoms with van der Waals surface area (Å²) in [5.74, 6) is -0.917. The molecule has 0 aromatic rings. The molecule has 0 aliphatic carbocycles. The van der Waals surface area contributed by atoms with Crippen LogP contribution >= 0.6 is 0 Å². The van der Waals surface area contributed by atoms with Crippen molar-refractivity contribution in [1.29, 1.82) is 0 Å². The Balaban J connectivity index is 4.13. The molecular formula is C74H132O6. The second kappa shape index (κ2) is 68.3. The summed E-state index contributed by atoms with van der Waals surface area (Å²) in [5.41, 5.74) is 0. The van der Waals surface area contributed by atoms with E-state index in [-0.39, 0.29) is 31.1 Å². The van der Waals surface area contributed by atoms with Gasteiger partial charge in [0.15, 0.2) is 6.10 Å². The fraction of sp³-hybridized carbons (Fsp3) is 0.797. The summed E-state index contributed by atoms with van der Waals surface area (Å²) in [5, 5.41) is 0. The summed E-state index contributed by atoms with van der Waals surface area (Å²) >= 11 is 0. The molecule has 0 rings (SSSR count). The zero-order valence-corrected chi connectivity index (χ0v) is 53.3. The number of esters is 3. The first-order valence-corrected chi connectivity index (χ1v) is 34.9. The molecule has 0 bridgehead atoms. The van der Waals surface area contributed by atoms with Crippen molar-refractivity contribution in [3.05, 3.63) is 72.9 Å². The van der Waals surface area contributed by atoms with E-state index in [1.54, 1.807) is 0 Å². The van der Waals surface area contributed by atoms with Crippen LogP contribution in [0.25, 0.3) is 0 Å². The van der Waals surface area contributed by atoms with Crippen molar-refractivity contribution in [3.8, 4) is 0 Å². The zero-order chi connectivity index (χ0) is 57.8. The lowest BCUT2D eigenvalue weighted by Gasteiger charge is -2.18. The molecule has 1 unspecified atom stereocenters. The van der Waals surface area contributed by atoms with Gasteiger partial charge in [-0.05, 0) is 109 Å². The highest BCUT2D eigenvalue weighted by Gasteiger charge is 2.19. The Hall–Kier alpha value is -3.15. The molecule has 0 aromatic heterocycles. The van der Waals surface area contributed by atoms with Crippen LogP contribution in [0.1, 0.15) is 361 Å². The van der Waals surface area contributed by atoms with E-state index < -0.39 is 6.10 Å². The Kier molecular flexibility index (Phi) is 65.7. The highest BCUT2D eigenvalue weighted by Crippen LogP contribution is 2.18. The van der Waals surface area contributed by atoms with E-state index >= 15 is 0 Å². The lowest BCUT2D eigenvalue weighted by Crippen LogP contribution is -2.30. The molecule has 1 atom stereocenters. The summed E-state index contributed by atoms with van der Waals surface area (Å²) in [4.78, 5) is 38.3. The molecule has 0 amide bonds. The third-order valence-corrected chi connectivity index (χ3v) is 15.4. The third-order valence-electron chi connectivity index (χ3n) is 15.4. The number of allylic oxidation sites excluding steroid dienone is 12. The largest absolute Gasteiger partial charge is 0.462 e. The van der Waals surface area contributed by atoms with Crippen molar-refractivity contribution >= 4 is 17.9 Å². The summed E-state index contributed by atoms with van der Waals surface area (Å²) in [6, 6.07) is 0. The molecule has 0 aliphatic rings. The molecule has 0 saturated carbocycles. The molecule has 6 nitrogen and oxygen atoms in total. The quantitative estimate of drug-likeness (QED) is 0.0261. The van der Waals surface area contributed by atoms with Crippen LogP contribution in [0.3, 0.4) is 0 Å². The standard InChI is InChI=1S/C74H132O6/c1-4-7-10-13-16-19-22-25-27-29-30-31-32-33-34-35-36-37-38-39-40-41-42-43-44-45-47-49-52-55-58-61-64-67-73(76)79-70-71(69-78-72(75)66-63-60-57-54-51-48-24-21-18-15-12-9-6-3)80-74(77)68-65-62-59-56-53-50-46-28-26-23-20-17-14-11-8-5-2/h9,12,18,20-21,23,28-30,46,48,51,71H,4-8,10-11,13-17,19,22,24-27,31-45,47,49-50,52-70H2,1-3H3/b12-9-,21-18-,23-20-,30-29-,46-28-,51-48-. The average Bonchev–Trinajstić information content (AvgIpc) is 3.46. The van der Waals surface area contributed by atoms with Gasteiger partial charge >= 0.3 is 17.9 Å². The molecule has 6 heteroatoms. The fourth-order valence-electron chi connectivity index (χ4n) is 10.2. The number of ether oxygens (including phenoxy) is 3. The Morgan fingerprint density at radius 2 is 0.487 bits per heavy atom. The summed E-state index contributed by atoms with van der Waals surface area (Å²) in [6.07, 6.45) is 89.5. The molecule has 0 N–H and O–H groups in total. The molecule has 0 aromatic carbocycles. The fourth-order valence-corrected chi connectivity index (χ4v) is 10.2. The van der Waals surface area contributed by atoms with Crippen LogP contribution in [0, 0.1) is 0 Å². The Morgan fingerprint density at radius 3 is 0.800 bits per heavy atom. The van der Waals surface area contributed by atoms with Crippen LogP contribution < -0.4 is 0 Å². The van der Waals surface area contributed by atoms with Gasteiger partial charge in [0, 0.05) is 19.3 Å². The normalized spacial score (nSPS) is 12.5. The van der Waals surface area contributed by atoms with Crippen molar-refractivity contribution in [1.82, 2.24) is 0 Å². The van der Waals surface area contributed by atoms with Gasteiger partial charge in [-0.25, -0.2) is 0 Å². The van der Waals surface area contributed by atoms with Gasteiger partial charge in [-0.3, -0.25) is 14.4 Å². The van der Waals surface area contributed by atoms with Crippen molar-refractivity contribution in [2.75, 3.05) is 13.2 Å². The van der Waals surface area contributed by atoms with Gasteiger partial charge in [-0.2, -0.15) is 0 Å². The van der Waals surface area contributed by atoms with E-state index in [4.69, 9.17) is 14.2 Å². The summed E-state index contributed by atoms with van der Waals surface area (Å²) in [6.45, 7) is 6.51. The Labute approximate surface area is 497 Å². The number of unbranched alkanes of at least 4 members (excludes halogenated alkanes) is 41. The second-order valence-corrected chi connectivity index (χ2v) is 23.4. The minimum atomic E-state index is -0.795. The van der Waals surface area contributed by atoms with Gasteiger partial charge in [0.1, 0.15) is 13.2 Å². The van der Waals surface area contributed by atoms with Gasteiger partial charge < -0.3 is 14.2 Å². The maximum absolute atomic E-state index is 12.9. The maximum Gasteiger partial charge on any atom is 0.306 e. The van der Waals surface area contributed by atoms with E-state index in [1.807, 2.05) is 0 Å². The zero-order valence-electron chi connectivity index (χ0n) is 53.3. The van der Waals surface area contributed by atoms with E-state index in [1.165, 1.54) is 212 Å². The van der Waals surface area contributed by atoms with Crippen molar-refractivity contribution in [3.63, 3.8) is 0 Å². The van der Waals surface area contributed by atoms with Gasteiger partial charge in [-0.1, -0.05) is 306 Å². The van der Waals surface area contributed by atoms with Crippen LogP contribution in [0.5, 0.6) is 0 Å². The minimum absolute atomic E-state index is 0.0879. The van der Waals surface area contributed by atoms with E-state index in [2.05, 4.69) is 93.7 Å². The highest BCUT2D eigenvalue weighted by atomic mass is 16.6. The predicted octanol–water partition coefficient (Wildman–Crippen LogP) is 24.1.